The quantitative estimate of drug-likeness (QED) is 0.246. The minimum Gasteiger partial charge on any atom is -0.256 e. The maximum atomic E-state index is 4.88. The van der Waals surface area contributed by atoms with Crippen molar-refractivity contribution < 1.29 is 0 Å². The lowest BCUT2D eigenvalue weighted by Crippen LogP contribution is -2.11. The highest BCUT2D eigenvalue weighted by Gasteiger charge is 2.16. The highest BCUT2D eigenvalue weighted by atomic mass is 14.7. The molecule has 0 saturated heterocycles. The lowest BCUT2D eigenvalue weighted by molar-refractivity contribution is 0.589. The van der Waals surface area contributed by atoms with E-state index in [1.54, 1.807) is 0 Å². The molecule has 0 aliphatic carbocycles. The van der Waals surface area contributed by atoms with Crippen molar-refractivity contribution in [3.63, 3.8) is 0 Å². The van der Waals surface area contributed by atoms with E-state index in [2.05, 4.69) is 130 Å². The van der Waals surface area contributed by atoms with Crippen LogP contribution < -0.4 is 0 Å². The van der Waals surface area contributed by atoms with Crippen LogP contribution in [0.3, 0.4) is 0 Å². The molecule has 0 saturated carbocycles. The van der Waals surface area contributed by atoms with Crippen LogP contribution in [0.1, 0.15) is 26.3 Å². The summed E-state index contributed by atoms with van der Waals surface area (Å²) in [5, 5.41) is 1.15. The van der Waals surface area contributed by atoms with Crippen LogP contribution in [0.15, 0.2) is 128 Å². The Labute approximate surface area is 224 Å². The van der Waals surface area contributed by atoms with E-state index in [0.717, 1.165) is 33.3 Å². The minimum atomic E-state index is 0.0707. The summed E-state index contributed by atoms with van der Waals surface area (Å²) in [5.41, 5.74) is 11.5. The molecule has 2 heteroatoms. The first-order valence-corrected chi connectivity index (χ1v) is 13.1. The lowest BCUT2D eigenvalue weighted by Gasteiger charge is -2.19. The van der Waals surface area contributed by atoms with Gasteiger partial charge in [-0.3, -0.25) is 9.97 Å². The highest BCUT2D eigenvalue weighted by Crippen LogP contribution is 2.39. The van der Waals surface area contributed by atoms with Crippen molar-refractivity contribution in [2.45, 2.75) is 26.2 Å². The third-order valence-corrected chi connectivity index (χ3v) is 7.17. The smallest absolute Gasteiger partial charge is 0.0786 e. The molecule has 0 amide bonds. The molecule has 0 radical (unpaired) electrons. The zero-order valence-electron chi connectivity index (χ0n) is 22.0. The Morgan fingerprint density at radius 2 is 1.18 bits per heavy atom. The second-order valence-corrected chi connectivity index (χ2v) is 10.7. The fourth-order valence-electron chi connectivity index (χ4n) is 5.13. The van der Waals surface area contributed by atoms with Crippen LogP contribution >= 0.6 is 0 Å². The van der Waals surface area contributed by atoms with Crippen LogP contribution in [-0.4, -0.2) is 9.97 Å². The van der Waals surface area contributed by atoms with Gasteiger partial charge in [0.05, 0.1) is 11.2 Å². The average Bonchev–Trinajstić information content (AvgIpc) is 2.97. The summed E-state index contributed by atoms with van der Waals surface area (Å²) in [6.45, 7) is 6.70. The second-order valence-electron chi connectivity index (χ2n) is 10.7. The maximum absolute atomic E-state index is 4.88. The molecular formula is C36H30N2. The number of aromatic nitrogens is 2. The van der Waals surface area contributed by atoms with Gasteiger partial charge in [0.15, 0.2) is 0 Å². The lowest BCUT2D eigenvalue weighted by atomic mass is 9.86. The summed E-state index contributed by atoms with van der Waals surface area (Å²) in [7, 11) is 0. The van der Waals surface area contributed by atoms with Crippen molar-refractivity contribution in [3.05, 3.63) is 133 Å². The van der Waals surface area contributed by atoms with Crippen molar-refractivity contribution in [3.8, 4) is 44.6 Å². The van der Waals surface area contributed by atoms with E-state index in [1.807, 2.05) is 18.5 Å². The average molecular weight is 491 g/mol. The van der Waals surface area contributed by atoms with Crippen molar-refractivity contribution in [1.82, 2.24) is 9.97 Å². The first-order valence-electron chi connectivity index (χ1n) is 13.1. The zero-order chi connectivity index (χ0) is 26.1. The van der Waals surface area contributed by atoms with Gasteiger partial charge in [-0.05, 0) is 63.1 Å². The van der Waals surface area contributed by atoms with Gasteiger partial charge in [0.25, 0.3) is 0 Å². The summed E-state index contributed by atoms with van der Waals surface area (Å²) >= 11 is 0. The number of nitrogens with zero attached hydrogens (tertiary/aromatic N) is 2. The Kier molecular flexibility index (Phi) is 6.09. The van der Waals surface area contributed by atoms with Crippen LogP contribution in [-0.2, 0) is 5.41 Å². The standard InChI is InChI=1S/C36H30N2/c1-36(2,3)28-20-22-37-34(24-28)27-14-9-13-26(23-27)30-18-19-32(33-17-10-21-38-35(30)33)31-16-8-7-15-29(31)25-11-5-4-6-12-25/h4-24H,1-3H3. The molecule has 6 aromatic rings. The number of rotatable bonds is 4. The largest absolute Gasteiger partial charge is 0.256 e. The predicted octanol–water partition coefficient (Wildman–Crippen LogP) is 9.60. The molecule has 2 aromatic heterocycles. The molecule has 0 aliphatic rings. The van der Waals surface area contributed by atoms with Crippen LogP contribution in [0.2, 0.25) is 0 Å². The zero-order valence-corrected chi connectivity index (χ0v) is 22.0. The Bertz CT molecular complexity index is 1740. The molecule has 0 unspecified atom stereocenters. The van der Waals surface area contributed by atoms with Crippen molar-refractivity contribution >= 4 is 10.9 Å². The predicted molar refractivity (Wildman–Crippen MR) is 160 cm³/mol. The van der Waals surface area contributed by atoms with Gasteiger partial charge >= 0.3 is 0 Å². The summed E-state index contributed by atoms with van der Waals surface area (Å²) in [4.78, 5) is 9.58. The molecule has 2 nitrogen and oxygen atoms in total. The van der Waals surface area contributed by atoms with Crippen LogP contribution in [0.5, 0.6) is 0 Å². The van der Waals surface area contributed by atoms with Gasteiger partial charge < -0.3 is 0 Å². The van der Waals surface area contributed by atoms with Crippen molar-refractivity contribution in [2.75, 3.05) is 0 Å². The number of benzene rings is 4. The fraction of sp³-hybridized carbons (Fsp3) is 0.111. The minimum absolute atomic E-state index is 0.0707. The summed E-state index contributed by atoms with van der Waals surface area (Å²) in [6.07, 6.45) is 3.80. The number of hydrogen-bond acceptors (Lipinski definition) is 2. The van der Waals surface area contributed by atoms with E-state index < -0.39 is 0 Å². The Balaban J connectivity index is 1.49. The number of fused-ring (bicyclic) bond motifs is 1. The first-order chi connectivity index (χ1) is 18.5. The Morgan fingerprint density at radius 1 is 0.474 bits per heavy atom. The molecule has 4 aromatic carbocycles. The molecule has 38 heavy (non-hydrogen) atoms. The Hall–Kier alpha value is -4.56. The van der Waals surface area contributed by atoms with E-state index in [1.165, 1.54) is 27.8 Å². The van der Waals surface area contributed by atoms with Crippen LogP contribution in [0.25, 0.3) is 55.5 Å². The van der Waals surface area contributed by atoms with Crippen molar-refractivity contribution in [2.24, 2.45) is 0 Å². The van der Waals surface area contributed by atoms with Gasteiger partial charge in [-0.1, -0.05) is 112 Å². The number of hydrogen-bond donors (Lipinski definition) is 0. The van der Waals surface area contributed by atoms with Gasteiger partial charge in [0.2, 0.25) is 0 Å². The van der Waals surface area contributed by atoms with Gasteiger partial charge in [-0.2, -0.15) is 0 Å². The van der Waals surface area contributed by atoms with Gasteiger partial charge in [-0.25, -0.2) is 0 Å². The van der Waals surface area contributed by atoms with Gasteiger partial charge in [0.1, 0.15) is 0 Å². The topological polar surface area (TPSA) is 25.8 Å². The molecule has 0 atom stereocenters. The molecule has 184 valence electrons. The van der Waals surface area contributed by atoms with Gasteiger partial charge in [-0.15, -0.1) is 0 Å². The normalized spacial score (nSPS) is 11.6. The van der Waals surface area contributed by atoms with E-state index in [4.69, 9.17) is 9.97 Å². The van der Waals surface area contributed by atoms with E-state index >= 15 is 0 Å². The Morgan fingerprint density at radius 3 is 2.00 bits per heavy atom. The molecule has 2 heterocycles. The SMILES string of the molecule is CC(C)(C)c1ccnc(-c2cccc(-c3ccc(-c4ccccc4-c4ccccc4)c4cccnc34)c2)c1. The van der Waals surface area contributed by atoms with Gasteiger partial charge in [0, 0.05) is 28.9 Å². The van der Waals surface area contributed by atoms with Crippen LogP contribution in [0, 0.1) is 0 Å². The molecule has 0 N–H and O–H groups in total. The third-order valence-electron chi connectivity index (χ3n) is 7.17. The van der Waals surface area contributed by atoms with E-state index in [0.29, 0.717) is 0 Å². The fourth-order valence-corrected chi connectivity index (χ4v) is 5.13. The highest BCUT2D eigenvalue weighted by molar-refractivity contribution is 6.05. The monoisotopic (exact) mass is 490 g/mol. The second kappa shape index (κ2) is 9.72. The number of pyridine rings is 2. The van der Waals surface area contributed by atoms with Crippen molar-refractivity contribution in [1.29, 1.82) is 0 Å². The van der Waals surface area contributed by atoms with E-state index in [9.17, 15) is 0 Å². The molecule has 6 rings (SSSR count). The maximum Gasteiger partial charge on any atom is 0.0786 e. The third kappa shape index (κ3) is 4.50. The summed E-state index contributed by atoms with van der Waals surface area (Å²) < 4.78 is 0. The molecule has 0 bridgehead atoms. The molecule has 0 spiro atoms. The molecule has 0 fully saturated rings. The first kappa shape index (κ1) is 23.8. The molecular weight excluding hydrogens is 460 g/mol. The van der Waals surface area contributed by atoms with E-state index in [-0.39, 0.29) is 5.41 Å². The summed E-state index contributed by atoms with van der Waals surface area (Å²) in [6, 6.07) is 40.8. The summed E-state index contributed by atoms with van der Waals surface area (Å²) in [5.74, 6) is 0. The van der Waals surface area contributed by atoms with Crippen LogP contribution in [0.4, 0.5) is 0 Å². The molecule has 0 aliphatic heterocycles.